The molecular weight excluding hydrogens is 430 g/mol. The fourth-order valence-corrected chi connectivity index (χ4v) is 4.86. The van der Waals surface area contributed by atoms with Crippen LogP contribution in [0.2, 0.25) is 0 Å². The van der Waals surface area contributed by atoms with Gasteiger partial charge in [-0.1, -0.05) is 38.1 Å². The number of ether oxygens (including phenoxy) is 2. The second-order valence-corrected chi connectivity index (χ2v) is 9.62. The molecule has 0 saturated carbocycles. The molecule has 1 heterocycles. The standard InChI is InChI=1S/C27H33N3O4/c1-27(2)15-21-25(23(31)16-27)26(18-9-11-19(34-4)12-10-18)30(17-24(32)28-13-14-33-3)22-8-6-5-7-20(22)29-21/h5-12,26,29H,13-17H2,1-4H3,(H,28,32)/t26-/m1/s1. The highest BCUT2D eigenvalue weighted by atomic mass is 16.5. The number of nitrogens with one attached hydrogen (secondary N) is 2. The van der Waals surface area contributed by atoms with E-state index in [2.05, 4.69) is 24.5 Å². The first-order valence-electron chi connectivity index (χ1n) is 11.6. The van der Waals surface area contributed by atoms with Crippen LogP contribution in [0.4, 0.5) is 11.4 Å². The molecule has 0 spiro atoms. The summed E-state index contributed by atoms with van der Waals surface area (Å²) in [6.45, 7) is 5.21. The molecule has 2 aliphatic rings. The second-order valence-electron chi connectivity index (χ2n) is 9.62. The molecule has 0 unspecified atom stereocenters. The van der Waals surface area contributed by atoms with Gasteiger partial charge in [0.1, 0.15) is 5.75 Å². The van der Waals surface area contributed by atoms with Gasteiger partial charge in [0.15, 0.2) is 5.78 Å². The number of allylic oxidation sites excluding steroid dienone is 1. The van der Waals surface area contributed by atoms with Crippen molar-refractivity contribution in [2.75, 3.05) is 44.1 Å². The van der Waals surface area contributed by atoms with Crippen molar-refractivity contribution in [3.05, 3.63) is 65.4 Å². The Balaban J connectivity index is 1.85. The fraction of sp³-hybridized carbons (Fsp3) is 0.407. The van der Waals surface area contributed by atoms with Gasteiger partial charge in [0, 0.05) is 31.3 Å². The Morgan fingerprint density at radius 3 is 2.56 bits per heavy atom. The summed E-state index contributed by atoms with van der Waals surface area (Å²) < 4.78 is 10.4. The second kappa shape index (κ2) is 9.89. The summed E-state index contributed by atoms with van der Waals surface area (Å²) >= 11 is 0. The number of fused-ring (bicyclic) bond motifs is 1. The number of carbonyl (C=O) groups excluding carboxylic acids is 2. The Morgan fingerprint density at radius 2 is 1.85 bits per heavy atom. The van der Waals surface area contributed by atoms with E-state index in [1.165, 1.54) is 0 Å². The molecule has 2 aromatic rings. The van der Waals surface area contributed by atoms with Crippen molar-refractivity contribution in [1.82, 2.24) is 5.32 Å². The number of para-hydroxylation sites is 2. The van der Waals surface area contributed by atoms with Crippen molar-refractivity contribution in [2.24, 2.45) is 5.41 Å². The first-order valence-corrected chi connectivity index (χ1v) is 11.6. The zero-order valence-corrected chi connectivity index (χ0v) is 20.3. The van der Waals surface area contributed by atoms with E-state index in [4.69, 9.17) is 9.47 Å². The minimum Gasteiger partial charge on any atom is -0.497 e. The molecule has 1 aliphatic carbocycles. The monoisotopic (exact) mass is 463 g/mol. The highest BCUT2D eigenvalue weighted by Gasteiger charge is 2.41. The smallest absolute Gasteiger partial charge is 0.239 e. The SMILES string of the molecule is COCCNC(=O)CN1c2ccccc2NC2=C(C(=O)CC(C)(C)C2)[C@H]1c1ccc(OC)cc1. The average Bonchev–Trinajstić information content (AvgIpc) is 2.93. The molecule has 0 saturated heterocycles. The predicted octanol–water partition coefficient (Wildman–Crippen LogP) is 4.07. The van der Waals surface area contributed by atoms with Gasteiger partial charge in [-0.05, 0) is 41.7 Å². The normalized spacial score (nSPS) is 19.0. The number of hydrogen-bond donors (Lipinski definition) is 2. The van der Waals surface area contributed by atoms with Crippen molar-refractivity contribution in [3.8, 4) is 5.75 Å². The van der Waals surface area contributed by atoms with E-state index in [-0.39, 0.29) is 23.7 Å². The molecule has 34 heavy (non-hydrogen) atoms. The number of benzene rings is 2. The Kier molecular flexibility index (Phi) is 6.93. The molecule has 1 amide bonds. The van der Waals surface area contributed by atoms with Gasteiger partial charge in [0.05, 0.1) is 37.7 Å². The molecule has 7 nitrogen and oxygen atoms in total. The number of anilines is 2. The van der Waals surface area contributed by atoms with Crippen molar-refractivity contribution < 1.29 is 19.1 Å². The van der Waals surface area contributed by atoms with Crippen molar-refractivity contribution in [2.45, 2.75) is 32.7 Å². The summed E-state index contributed by atoms with van der Waals surface area (Å²) in [4.78, 5) is 28.6. The van der Waals surface area contributed by atoms with E-state index in [1.54, 1.807) is 14.2 Å². The average molecular weight is 464 g/mol. The van der Waals surface area contributed by atoms with Gasteiger partial charge in [-0.25, -0.2) is 0 Å². The number of carbonyl (C=O) groups is 2. The largest absolute Gasteiger partial charge is 0.497 e. The first-order chi connectivity index (χ1) is 16.3. The third-order valence-corrected chi connectivity index (χ3v) is 6.38. The maximum absolute atomic E-state index is 13.6. The number of rotatable bonds is 7. The van der Waals surface area contributed by atoms with Crippen LogP contribution in [0.25, 0.3) is 0 Å². The summed E-state index contributed by atoms with van der Waals surface area (Å²) in [7, 11) is 3.23. The minimum absolute atomic E-state index is 0.104. The van der Waals surface area contributed by atoms with Crippen LogP contribution in [0, 0.1) is 5.41 Å². The molecule has 7 heteroatoms. The topological polar surface area (TPSA) is 79.9 Å². The lowest BCUT2D eigenvalue weighted by molar-refractivity contribution is -0.121. The third-order valence-electron chi connectivity index (χ3n) is 6.38. The molecule has 2 N–H and O–H groups in total. The van der Waals surface area contributed by atoms with Crippen molar-refractivity contribution in [1.29, 1.82) is 0 Å². The molecule has 4 rings (SSSR count). The van der Waals surface area contributed by atoms with Gasteiger partial charge in [0.2, 0.25) is 5.91 Å². The summed E-state index contributed by atoms with van der Waals surface area (Å²) in [5.41, 5.74) is 4.22. The summed E-state index contributed by atoms with van der Waals surface area (Å²) in [6, 6.07) is 15.3. The van der Waals surface area contributed by atoms with Gasteiger partial charge in [-0.15, -0.1) is 0 Å². The maximum atomic E-state index is 13.6. The Morgan fingerprint density at radius 1 is 1.12 bits per heavy atom. The van der Waals surface area contributed by atoms with Crippen LogP contribution in [0.5, 0.6) is 5.75 Å². The lowest BCUT2D eigenvalue weighted by Gasteiger charge is -2.38. The molecular formula is C27H33N3O4. The predicted molar refractivity (Wildman–Crippen MR) is 133 cm³/mol. The number of ketones is 1. The number of Topliss-reactive ketones (excluding diaryl/α,β-unsaturated/α-hetero) is 1. The molecule has 0 bridgehead atoms. The fourth-order valence-electron chi connectivity index (χ4n) is 4.86. The number of amides is 1. The molecule has 2 aromatic carbocycles. The number of nitrogens with zero attached hydrogens (tertiary/aromatic N) is 1. The van der Waals surface area contributed by atoms with Crippen LogP contribution >= 0.6 is 0 Å². The van der Waals surface area contributed by atoms with Crippen LogP contribution in [0.1, 0.15) is 38.3 Å². The highest BCUT2D eigenvalue weighted by molar-refractivity contribution is 6.01. The first kappa shape index (κ1) is 23.8. The lowest BCUT2D eigenvalue weighted by Crippen LogP contribution is -2.42. The van der Waals surface area contributed by atoms with Crippen LogP contribution in [-0.4, -0.2) is 45.6 Å². The van der Waals surface area contributed by atoms with Gasteiger partial charge in [-0.2, -0.15) is 0 Å². The van der Waals surface area contributed by atoms with Crippen LogP contribution in [-0.2, 0) is 14.3 Å². The van der Waals surface area contributed by atoms with E-state index in [1.807, 2.05) is 53.4 Å². The summed E-state index contributed by atoms with van der Waals surface area (Å²) in [5.74, 6) is 0.722. The zero-order chi connectivity index (χ0) is 24.3. The lowest BCUT2D eigenvalue weighted by atomic mass is 9.73. The zero-order valence-electron chi connectivity index (χ0n) is 20.3. The number of hydrogen-bond acceptors (Lipinski definition) is 6. The Labute approximate surface area is 201 Å². The Hall–Kier alpha value is -3.32. The van der Waals surface area contributed by atoms with Crippen LogP contribution in [0.15, 0.2) is 59.8 Å². The number of methoxy groups -OCH3 is 2. The molecule has 0 aromatic heterocycles. The van der Waals surface area contributed by atoms with Gasteiger partial charge >= 0.3 is 0 Å². The molecule has 0 fully saturated rings. The van der Waals surface area contributed by atoms with Crippen LogP contribution in [0.3, 0.4) is 0 Å². The summed E-state index contributed by atoms with van der Waals surface area (Å²) in [5, 5.41) is 6.49. The third kappa shape index (κ3) is 4.94. The maximum Gasteiger partial charge on any atom is 0.239 e. The molecule has 0 radical (unpaired) electrons. The van der Waals surface area contributed by atoms with E-state index in [0.717, 1.165) is 40.4 Å². The van der Waals surface area contributed by atoms with Crippen molar-refractivity contribution in [3.63, 3.8) is 0 Å². The molecule has 1 aliphatic heterocycles. The van der Waals surface area contributed by atoms with E-state index < -0.39 is 6.04 Å². The van der Waals surface area contributed by atoms with E-state index in [0.29, 0.717) is 19.6 Å². The van der Waals surface area contributed by atoms with E-state index in [9.17, 15) is 9.59 Å². The molecule has 1 atom stereocenters. The Bertz CT molecular complexity index is 1090. The quantitative estimate of drug-likeness (QED) is 0.603. The summed E-state index contributed by atoms with van der Waals surface area (Å²) in [6.07, 6.45) is 1.22. The molecule has 180 valence electrons. The van der Waals surface area contributed by atoms with E-state index >= 15 is 0 Å². The van der Waals surface area contributed by atoms with Gasteiger partial charge < -0.3 is 25.0 Å². The minimum atomic E-state index is -0.408. The van der Waals surface area contributed by atoms with Gasteiger partial charge in [0.25, 0.3) is 0 Å². The van der Waals surface area contributed by atoms with Gasteiger partial charge in [-0.3, -0.25) is 9.59 Å². The highest BCUT2D eigenvalue weighted by Crippen LogP contribution is 2.48. The van der Waals surface area contributed by atoms with Crippen molar-refractivity contribution >= 4 is 23.1 Å². The van der Waals surface area contributed by atoms with Crippen LogP contribution < -0.4 is 20.3 Å².